The Morgan fingerprint density at radius 1 is 0.667 bits per heavy atom. The first-order valence-corrected chi connectivity index (χ1v) is 11.0. The molecule has 0 saturated carbocycles. The summed E-state index contributed by atoms with van der Waals surface area (Å²) in [6.07, 6.45) is 0. The van der Waals surface area contributed by atoms with E-state index in [2.05, 4.69) is 0 Å². The molecule has 0 unspecified atom stereocenters. The number of nitrogens with zero attached hydrogens (tertiary/aromatic N) is 4. The van der Waals surface area contributed by atoms with E-state index in [1.54, 1.807) is 10.8 Å². The Hall–Kier alpha value is -2.84. The molecule has 10 nitrogen and oxygen atoms in total. The largest absolute Gasteiger partial charge is 2.00 e. The number of non-ortho nitro benzene ring substituents is 2. The first-order chi connectivity index (χ1) is 15.2. The third-order valence-electron chi connectivity index (χ3n) is 4.06. The van der Waals surface area contributed by atoms with E-state index in [1.165, 1.54) is 71.2 Å². The summed E-state index contributed by atoms with van der Waals surface area (Å²) >= 11 is 11.9. The summed E-state index contributed by atoms with van der Waals surface area (Å²) in [4.78, 5) is 19.9. The van der Waals surface area contributed by atoms with E-state index in [4.69, 9.17) is 24.4 Å². The van der Waals surface area contributed by atoms with Crippen LogP contribution in [0.25, 0.3) is 22.5 Å². The maximum Gasteiger partial charge on any atom is 2.00 e. The molecule has 0 N–H and O–H groups in total. The van der Waals surface area contributed by atoms with Crippen LogP contribution in [0.1, 0.15) is 0 Å². The Kier molecular flexibility index (Phi) is 9.08. The second kappa shape index (κ2) is 11.3. The second-order valence-corrected chi connectivity index (χ2v) is 8.98. The van der Waals surface area contributed by atoms with Crippen molar-refractivity contribution >= 4 is 58.5 Å². The van der Waals surface area contributed by atoms with Crippen LogP contribution in [0.4, 0.5) is 11.4 Å². The molecule has 0 aliphatic carbocycles. The van der Waals surface area contributed by atoms with Crippen molar-refractivity contribution in [1.82, 2.24) is 9.46 Å². The summed E-state index contributed by atoms with van der Waals surface area (Å²) in [6, 6.07) is 11.6. The van der Waals surface area contributed by atoms with Gasteiger partial charge >= 0.3 is 19.5 Å². The van der Waals surface area contributed by atoms with E-state index in [0.717, 1.165) is 0 Å². The molecule has 2 aromatic carbocycles. The fraction of sp³-hybridized carbons (Fsp3) is 0. The second-order valence-electron chi connectivity index (χ2n) is 5.97. The first-order valence-electron chi connectivity index (χ1n) is 8.45. The summed E-state index contributed by atoms with van der Waals surface area (Å²) in [5, 5.41) is 47.1. The average Bonchev–Trinajstić information content (AvgIpc) is 3.30. The molecular formula is C18H10N4O6S4Zn. The monoisotopic (exact) mass is 570 g/mol. The third-order valence-corrected chi connectivity index (χ3v) is 6.39. The standard InChI is InChI=1S/2C9H5N2O3S2.Zn/c2*12-10-8(5-16-9(10)15)6-1-3-7(4-2-6)11(13)14;/h2*1-5H;/q2*-1;+2. The Balaban J connectivity index is 0.000000227. The quantitative estimate of drug-likeness (QED) is 0.118. The molecule has 0 bridgehead atoms. The van der Waals surface area contributed by atoms with Crippen LogP contribution in [0, 0.1) is 38.6 Å². The minimum Gasteiger partial charge on any atom is -0.804 e. The number of nitro benzene ring substituents is 2. The molecule has 0 spiro atoms. The van der Waals surface area contributed by atoms with Crippen LogP contribution in [-0.4, -0.2) is 19.3 Å². The number of hydrogen-bond acceptors (Lipinski definition) is 10. The van der Waals surface area contributed by atoms with Crippen LogP contribution in [0.2, 0.25) is 0 Å². The van der Waals surface area contributed by atoms with Gasteiger partial charge in [0.15, 0.2) is 7.91 Å². The molecule has 164 valence electrons. The van der Waals surface area contributed by atoms with Crippen molar-refractivity contribution < 1.29 is 29.3 Å². The van der Waals surface area contributed by atoms with E-state index < -0.39 is 9.85 Å². The van der Waals surface area contributed by atoms with Crippen LogP contribution in [0.5, 0.6) is 0 Å². The smallest absolute Gasteiger partial charge is 0.804 e. The van der Waals surface area contributed by atoms with E-state index >= 15 is 0 Å². The molecule has 33 heavy (non-hydrogen) atoms. The zero-order chi connectivity index (χ0) is 23.4. The number of nitro groups is 2. The van der Waals surface area contributed by atoms with Gasteiger partial charge < -0.3 is 19.9 Å². The Bertz CT molecular complexity index is 1290. The summed E-state index contributed by atoms with van der Waals surface area (Å²) in [5.41, 5.74) is 2.07. The minimum absolute atomic E-state index is 0. The number of thiazole rings is 2. The van der Waals surface area contributed by atoms with Crippen molar-refractivity contribution in [2.75, 3.05) is 0 Å². The van der Waals surface area contributed by atoms with Gasteiger partial charge in [-0.15, -0.1) is 22.7 Å². The molecule has 0 radical (unpaired) electrons. The van der Waals surface area contributed by atoms with E-state index in [1.807, 2.05) is 0 Å². The van der Waals surface area contributed by atoms with Gasteiger partial charge in [0.1, 0.15) is 0 Å². The van der Waals surface area contributed by atoms with Gasteiger partial charge in [-0.25, -0.2) is 0 Å². The number of hydrogen-bond donors (Lipinski definition) is 0. The maximum absolute atomic E-state index is 11.5. The van der Waals surface area contributed by atoms with Gasteiger partial charge in [-0.1, -0.05) is 0 Å². The van der Waals surface area contributed by atoms with Crippen LogP contribution in [-0.2, 0) is 19.5 Å². The van der Waals surface area contributed by atoms with Crippen LogP contribution < -0.4 is 0 Å². The predicted molar refractivity (Wildman–Crippen MR) is 128 cm³/mol. The molecule has 0 fully saturated rings. The Morgan fingerprint density at radius 3 is 1.18 bits per heavy atom. The first kappa shape index (κ1) is 26.4. The minimum atomic E-state index is -0.485. The summed E-state index contributed by atoms with van der Waals surface area (Å²) in [6.45, 7) is 0. The van der Waals surface area contributed by atoms with E-state index in [9.17, 15) is 30.6 Å². The van der Waals surface area contributed by atoms with Crippen molar-refractivity contribution in [3.05, 3.63) is 97.8 Å². The van der Waals surface area contributed by atoms with Gasteiger partial charge in [0.25, 0.3) is 11.4 Å². The van der Waals surface area contributed by atoms with Crippen molar-refractivity contribution in [1.29, 1.82) is 0 Å². The Morgan fingerprint density at radius 2 is 0.970 bits per heavy atom. The van der Waals surface area contributed by atoms with Gasteiger partial charge in [0.05, 0.1) is 21.2 Å². The molecule has 0 aliphatic heterocycles. The number of rotatable bonds is 4. The Labute approximate surface area is 216 Å². The molecule has 2 aromatic heterocycles. The molecule has 0 atom stereocenters. The molecule has 0 saturated heterocycles. The normalized spacial score (nSPS) is 9.94. The zero-order valence-corrected chi connectivity index (χ0v) is 22.6. The van der Waals surface area contributed by atoms with Crippen molar-refractivity contribution in [3.8, 4) is 22.5 Å². The molecule has 0 aliphatic rings. The van der Waals surface area contributed by atoms with Gasteiger partial charge in [-0.2, -0.15) is 0 Å². The molecule has 4 rings (SSSR count). The number of benzene rings is 2. The third kappa shape index (κ3) is 6.15. The van der Waals surface area contributed by atoms with E-state index in [-0.39, 0.29) is 38.8 Å². The van der Waals surface area contributed by atoms with Crippen LogP contribution >= 0.6 is 47.1 Å². The van der Waals surface area contributed by atoms with Gasteiger partial charge in [-0.05, 0) is 59.8 Å². The van der Waals surface area contributed by atoms with Gasteiger partial charge in [0.2, 0.25) is 0 Å². The molecule has 0 amide bonds. The van der Waals surface area contributed by atoms with Gasteiger partial charge in [-0.3, -0.25) is 20.2 Å². The molecule has 15 heteroatoms. The predicted octanol–water partition coefficient (Wildman–Crippen LogP) is 6.40. The molecular weight excluding hydrogens is 562 g/mol. The van der Waals surface area contributed by atoms with Crippen molar-refractivity contribution in [2.45, 2.75) is 0 Å². The topological polar surface area (TPSA) is 142 Å². The van der Waals surface area contributed by atoms with Gasteiger partial charge in [0, 0.05) is 35.0 Å². The molecule has 2 heterocycles. The number of aromatic nitrogens is 2. The van der Waals surface area contributed by atoms with Crippen LogP contribution in [0.15, 0.2) is 59.3 Å². The molecule has 4 aromatic rings. The van der Waals surface area contributed by atoms with Crippen molar-refractivity contribution in [2.24, 2.45) is 0 Å². The van der Waals surface area contributed by atoms with E-state index in [0.29, 0.717) is 32.0 Å². The fourth-order valence-corrected chi connectivity index (χ4v) is 4.24. The van der Waals surface area contributed by atoms with Crippen LogP contribution in [0.3, 0.4) is 0 Å². The fourth-order valence-electron chi connectivity index (χ4n) is 2.48. The zero-order valence-electron chi connectivity index (χ0n) is 16.4. The summed E-state index contributed by atoms with van der Waals surface area (Å²) < 4.78 is 1.74. The average molecular weight is 572 g/mol. The SMILES string of the molecule is O=[N+]([O-])c1ccc(-c2csc(=S)n2[O-])cc1.O=[N+]([O-])c1ccc(-c2csc(=S)n2[O-])cc1.[Zn+2]. The summed E-state index contributed by atoms with van der Waals surface area (Å²) in [5.74, 6) is 0. The van der Waals surface area contributed by atoms with Crippen molar-refractivity contribution in [3.63, 3.8) is 0 Å². The maximum atomic E-state index is 11.5. The summed E-state index contributed by atoms with van der Waals surface area (Å²) in [7, 11) is 0.